The summed E-state index contributed by atoms with van der Waals surface area (Å²) in [4.78, 5) is 127. The van der Waals surface area contributed by atoms with Crippen molar-refractivity contribution >= 4 is 105 Å². The van der Waals surface area contributed by atoms with Gasteiger partial charge in [0.1, 0.15) is 24.2 Å². The van der Waals surface area contributed by atoms with Crippen molar-refractivity contribution < 1.29 is 57.3 Å². The van der Waals surface area contributed by atoms with Crippen LogP contribution in [0.15, 0.2) is 48.5 Å². The zero-order chi connectivity index (χ0) is 64.5. The summed E-state index contributed by atoms with van der Waals surface area (Å²) >= 11 is 24.3. The maximum atomic E-state index is 15.1. The zero-order valence-corrected chi connectivity index (χ0v) is 56.4. The molecule has 8 atom stereocenters. The third-order valence-electron chi connectivity index (χ3n) is 15.2. The number of carbonyl (C=O) groups excluding carboxylic acids is 8. The van der Waals surface area contributed by atoms with Crippen molar-refractivity contribution in [3.8, 4) is 0 Å². The molecule has 1 saturated heterocycles. The number of hydrogen-bond donors (Lipinski definition) is 0. The van der Waals surface area contributed by atoms with E-state index in [0.29, 0.717) is 60.8 Å². The summed E-state index contributed by atoms with van der Waals surface area (Å²) in [7, 11) is 5.58. The Balaban J connectivity index is 2.28. The molecule has 0 aromatic heterocycles. The number of ether oxygens (including phenoxy) is 4. The topological polar surface area (TPSA) is 193 Å². The predicted octanol–water partition coefficient (Wildman–Crippen LogP) is 9.79. The first-order valence-corrected chi connectivity index (χ1v) is 32.5. The van der Waals surface area contributed by atoms with Gasteiger partial charge in [0.25, 0.3) is 23.6 Å². The summed E-state index contributed by atoms with van der Waals surface area (Å²) in [5, 5.41) is 0. The van der Waals surface area contributed by atoms with Crippen LogP contribution in [0.5, 0.6) is 0 Å². The summed E-state index contributed by atoms with van der Waals surface area (Å²) < 4.78 is 24.4. The number of rotatable bonds is 26. The van der Waals surface area contributed by atoms with Gasteiger partial charge >= 0.3 is 23.9 Å². The van der Waals surface area contributed by atoms with Crippen LogP contribution in [0.3, 0.4) is 0 Å². The minimum absolute atomic E-state index is 0.0741. The first kappa shape index (κ1) is 75.2. The Labute approximate surface area is 532 Å². The average Bonchev–Trinajstić information content (AvgIpc) is 3.65. The van der Waals surface area contributed by atoms with Crippen LogP contribution in [-0.4, -0.2) is 194 Å². The molecule has 0 unspecified atom stereocenters. The molecule has 18 nitrogen and oxygen atoms in total. The fraction of sp³-hybridized carbons (Fsp3) is 0.688. The number of benzene rings is 2. The number of esters is 4. The molecular weight excluding hydrogens is 1190 g/mol. The van der Waals surface area contributed by atoms with Crippen LogP contribution in [0.2, 0.25) is 0 Å². The summed E-state index contributed by atoms with van der Waals surface area (Å²) in [6.45, 7) is 20.3. The van der Waals surface area contributed by atoms with Gasteiger partial charge in [-0.3, -0.25) is 19.2 Å². The molecule has 0 radical (unpaired) electrons. The predicted molar refractivity (Wildman–Crippen MR) is 341 cm³/mol. The number of alkyl halides is 4. The quantitative estimate of drug-likeness (QED) is 0.0491. The number of anilines is 2. The van der Waals surface area contributed by atoms with Crippen LogP contribution >= 0.6 is 46.4 Å². The van der Waals surface area contributed by atoms with E-state index in [1.807, 2.05) is 104 Å². The maximum absolute atomic E-state index is 15.1. The van der Waals surface area contributed by atoms with E-state index >= 15 is 9.59 Å². The lowest BCUT2D eigenvalue weighted by Crippen LogP contribution is -2.55. The molecule has 22 heteroatoms. The van der Waals surface area contributed by atoms with E-state index in [0.717, 1.165) is 56.7 Å². The highest BCUT2D eigenvalue weighted by molar-refractivity contribution is 6.18. The molecule has 1 aliphatic rings. The molecule has 0 N–H and O–H groups in total. The fourth-order valence-corrected chi connectivity index (χ4v) is 10.8. The molecular formula is C64H98Cl4N6O12. The van der Waals surface area contributed by atoms with Crippen molar-refractivity contribution in [2.24, 2.45) is 23.7 Å². The van der Waals surface area contributed by atoms with Gasteiger partial charge in [0.15, 0.2) is 24.4 Å². The Bertz CT molecular complexity index is 2270. The molecule has 3 rings (SSSR count). The van der Waals surface area contributed by atoms with Gasteiger partial charge in [-0.25, -0.2) is 19.2 Å². The molecule has 2 aromatic rings. The number of carbonyl (C=O) groups is 8. The lowest BCUT2D eigenvalue weighted by molar-refractivity contribution is -0.176. The van der Waals surface area contributed by atoms with E-state index in [-0.39, 0.29) is 62.2 Å². The van der Waals surface area contributed by atoms with Crippen LogP contribution < -0.4 is 9.80 Å². The minimum atomic E-state index is -1.55. The Hall–Kier alpha value is -5.04. The Morgan fingerprint density at radius 1 is 0.384 bits per heavy atom. The molecule has 1 heterocycles. The van der Waals surface area contributed by atoms with Gasteiger partial charge in [0.05, 0.1) is 0 Å². The standard InChI is InChI=1S/C64H98Cl4N6O12/c1-41(2)35-51-61(79)83-45(9)57(75)69(11)54(38-44(7)8)64(82)86-56(40-48-21-25-50(26-22-48)74(33-17-29-67)34-18-30-68)60(78)72(14)52(36-42(3)4)62(80)84-46(10)58(76)70(12)53(37-43(5)6)63(81)85-55(59(77)71(51)13)39-47-19-23-49(24-20-47)73(31-15-27-65)32-16-28-66/h19-26,41-46,51-56H,15-18,27-40H2,1-14H3/t45-,46-,51+,52+,53+,54+,55-,56-/m1/s1. The van der Waals surface area contributed by atoms with Gasteiger partial charge in [-0.15, -0.1) is 46.4 Å². The summed E-state index contributed by atoms with van der Waals surface area (Å²) in [5.74, 6) is -5.64. The molecule has 0 bridgehead atoms. The Morgan fingerprint density at radius 2 is 0.616 bits per heavy atom. The van der Waals surface area contributed by atoms with Gasteiger partial charge in [-0.2, -0.15) is 0 Å². The molecule has 0 spiro atoms. The van der Waals surface area contributed by atoms with Crippen molar-refractivity contribution in [1.29, 1.82) is 0 Å². The highest BCUT2D eigenvalue weighted by Gasteiger charge is 2.43. The maximum Gasteiger partial charge on any atom is 0.329 e. The second kappa shape index (κ2) is 37.7. The number of likely N-dealkylation sites (N-methyl/N-ethyl adjacent to an activating group) is 4. The largest absolute Gasteiger partial charge is 0.451 e. The first-order valence-electron chi connectivity index (χ1n) is 30.4. The van der Waals surface area contributed by atoms with Gasteiger partial charge in [0, 0.05) is 102 Å². The second-order valence-corrected chi connectivity index (χ2v) is 25.8. The first-order chi connectivity index (χ1) is 40.6. The smallest absolute Gasteiger partial charge is 0.329 e. The lowest BCUT2D eigenvalue weighted by atomic mass is 10.00. The van der Waals surface area contributed by atoms with E-state index in [4.69, 9.17) is 65.4 Å². The molecule has 4 amide bonds. The highest BCUT2D eigenvalue weighted by Crippen LogP contribution is 2.26. The van der Waals surface area contributed by atoms with Crippen LogP contribution in [-0.2, 0) is 70.1 Å². The van der Waals surface area contributed by atoms with E-state index < -0.39 is 96.1 Å². The SMILES string of the molecule is CC(C)C[C@H]1C(=O)O[C@H](Cc2ccc(N(CCCCl)CCCCl)cc2)C(=O)N(C)[C@@H](CC(C)C)C(=O)O[C@H](C)C(=O)N(C)[C@@H](CC(C)C)C(=O)O[C@H](Cc2ccc(N(CCCCl)CCCCl)cc2)C(=O)N(C)[C@@H](CC(C)C)C(=O)O[C@H](C)C(=O)N1C. The van der Waals surface area contributed by atoms with Gasteiger partial charge in [-0.1, -0.05) is 79.7 Å². The van der Waals surface area contributed by atoms with E-state index in [1.165, 1.54) is 42.0 Å². The van der Waals surface area contributed by atoms with Crippen LogP contribution in [0, 0.1) is 23.7 Å². The molecule has 1 fully saturated rings. The highest BCUT2D eigenvalue weighted by atomic mass is 35.5. The summed E-state index contributed by atoms with van der Waals surface area (Å²) in [5.41, 5.74) is 3.01. The monoisotopic (exact) mass is 1280 g/mol. The molecule has 484 valence electrons. The van der Waals surface area contributed by atoms with Crippen molar-refractivity contribution in [3.63, 3.8) is 0 Å². The number of hydrogen-bond acceptors (Lipinski definition) is 14. The third kappa shape index (κ3) is 23.5. The number of cyclic esters (lactones) is 4. The van der Waals surface area contributed by atoms with E-state index in [9.17, 15) is 28.8 Å². The third-order valence-corrected chi connectivity index (χ3v) is 16.2. The molecule has 0 aliphatic carbocycles. The van der Waals surface area contributed by atoms with Gasteiger partial charge < -0.3 is 48.3 Å². The molecule has 1 aliphatic heterocycles. The minimum Gasteiger partial charge on any atom is -0.451 e. The molecule has 2 aromatic carbocycles. The second-order valence-electron chi connectivity index (χ2n) is 24.3. The Kier molecular flexibility index (Phi) is 33.0. The van der Waals surface area contributed by atoms with Crippen molar-refractivity contribution in [2.45, 2.75) is 182 Å². The van der Waals surface area contributed by atoms with E-state index in [1.54, 1.807) is 0 Å². The fourth-order valence-electron chi connectivity index (χ4n) is 10.3. The average molecular weight is 1290 g/mol. The number of halogens is 4. The van der Waals surface area contributed by atoms with Crippen molar-refractivity contribution in [2.75, 3.05) is 87.7 Å². The van der Waals surface area contributed by atoms with Gasteiger partial charge in [0.2, 0.25) is 0 Å². The van der Waals surface area contributed by atoms with Crippen molar-refractivity contribution in [1.82, 2.24) is 19.6 Å². The van der Waals surface area contributed by atoms with Crippen LogP contribution in [0.4, 0.5) is 11.4 Å². The normalized spacial score (nSPS) is 22.4. The number of amides is 4. The van der Waals surface area contributed by atoms with Crippen LogP contribution in [0.25, 0.3) is 0 Å². The summed E-state index contributed by atoms with van der Waals surface area (Å²) in [6.07, 6.45) is -3.14. The number of nitrogens with zero attached hydrogens (tertiary/aromatic N) is 6. The summed E-state index contributed by atoms with van der Waals surface area (Å²) in [6, 6.07) is 9.67. The van der Waals surface area contributed by atoms with E-state index in [2.05, 4.69) is 9.80 Å². The van der Waals surface area contributed by atoms with Gasteiger partial charge in [-0.05, 0) is 124 Å². The van der Waals surface area contributed by atoms with Crippen molar-refractivity contribution in [3.05, 3.63) is 59.7 Å². The molecule has 86 heavy (non-hydrogen) atoms. The zero-order valence-electron chi connectivity index (χ0n) is 53.4. The Morgan fingerprint density at radius 3 is 0.849 bits per heavy atom. The molecule has 0 saturated carbocycles. The van der Waals surface area contributed by atoms with Crippen LogP contribution in [0.1, 0.15) is 132 Å². The lowest BCUT2D eigenvalue weighted by Gasteiger charge is -2.35.